The molecule has 1 aliphatic rings. The number of hydrogen-bond acceptors (Lipinski definition) is 5. The molecule has 1 aromatic heterocycles. The van der Waals surface area contributed by atoms with Crippen molar-refractivity contribution in [3.63, 3.8) is 0 Å². The van der Waals surface area contributed by atoms with Gasteiger partial charge in [0.25, 0.3) is 5.91 Å². The molecule has 0 bridgehead atoms. The third kappa shape index (κ3) is 5.11. The highest BCUT2D eigenvalue weighted by Gasteiger charge is 2.23. The van der Waals surface area contributed by atoms with Crippen LogP contribution in [-0.4, -0.2) is 62.5 Å². The minimum Gasteiger partial charge on any atom is -0.491 e. The fourth-order valence-corrected chi connectivity index (χ4v) is 3.45. The van der Waals surface area contributed by atoms with E-state index in [4.69, 9.17) is 4.74 Å². The summed E-state index contributed by atoms with van der Waals surface area (Å²) < 4.78 is 7.46. The van der Waals surface area contributed by atoms with Gasteiger partial charge < -0.3 is 24.4 Å². The first-order valence-electron chi connectivity index (χ1n) is 9.88. The number of amides is 1. The second-order valence-corrected chi connectivity index (χ2v) is 7.33. The van der Waals surface area contributed by atoms with Crippen molar-refractivity contribution in [2.75, 3.05) is 19.7 Å². The molecule has 7 heteroatoms. The van der Waals surface area contributed by atoms with Crippen LogP contribution in [0.25, 0.3) is 0 Å². The van der Waals surface area contributed by atoms with Gasteiger partial charge in [-0.15, -0.1) is 0 Å². The summed E-state index contributed by atoms with van der Waals surface area (Å²) in [6.45, 7) is 1.01. The number of ether oxygens (including phenoxy) is 1. The van der Waals surface area contributed by atoms with Crippen molar-refractivity contribution in [1.82, 2.24) is 14.5 Å². The SMILES string of the molecule is Cn1cncc1C(=O)N1CCCCCc2ccccc2OC[C@@H](O)[C@@H](O)CC1. The van der Waals surface area contributed by atoms with Crippen LogP contribution in [-0.2, 0) is 13.5 Å². The number of fused-ring (bicyclic) bond motifs is 1. The Bertz CT molecular complexity index is 777. The van der Waals surface area contributed by atoms with E-state index in [1.54, 1.807) is 29.0 Å². The van der Waals surface area contributed by atoms with Gasteiger partial charge >= 0.3 is 0 Å². The number of hydrogen-bond donors (Lipinski definition) is 2. The molecular weight excluding hydrogens is 358 g/mol. The lowest BCUT2D eigenvalue weighted by Crippen LogP contribution is -2.39. The van der Waals surface area contributed by atoms with E-state index in [1.807, 2.05) is 24.3 Å². The third-order valence-electron chi connectivity index (χ3n) is 5.22. The number of aryl methyl sites for hydroxylation is 2. The summed E-state index contributed by atoms with van der Waals surface area (Å²) in [7, 11) is 1.79. The van der Waals surface area contributed by atoms with Crippen molar-refractivity contribution < 1.29 is 19.7 Å². The summed E-state index contributed by atoms with van der Waals surface area (Å²) in [6, 6.07) is 7.81. The number of rotatable bonds is 1. The molecule has 0 saturated carbocycles. The normalized spacial score (nSPS) is 22.0. The summed E-state index contributed by atoms with van der Waals surface area (Å²) >= 11 is 0. The number of carbonyl (C=O) groups is 1. The molecule has 0 radical (unpaired) electrons. The second kappa shape index (κ2) is 9.71. The highest BCUT2D eigenvalue weighted by Crippen LogP contribution is 2.21. The molecule has 0 aliphatic carbocycles. The second-order valence-electron chi connectivity index (χ2n) is 7.33. The molecule has 1 aliphatic heterocycles. The average Bonchev–Trinajstić information content (AvgIpc) is 3.13. The van der Waals surface area contributed by atoms with Crippen molar-refractivity contribution >= 4 is 5.91 Å². The lowest BCUT2D eigenvalue weighted by Gasteiger charge is -2.26. The molecule has 1 aromatic carbocycles. The minimum absolute atomic E-state index is 0.0217. The molecule has 28 heavy (non-hydrogen) atoms. The van der Waals surface area contributed by atoms with Crippen molar-refractivity contribution in [3.8, 4) is 5.75 Å². The first kappa shape index (κ1) is 20.4. The predicted octanol–water partition coefficient (Wildman–Crippen LogP) is 1.78. The Morgan fingerprint density at radius 1 is 1.14 bits per heavy atom. The molecule has 152 valence electrons. The smallest absolute Gasteiger partial charge is 0.272 e. The van der Waals surface area contributed by atoms with Gasteiger partial charge in [0.15, 0.2) is 0 Å². The summed E-state index contributed by atoms with van der Waals surface area (Å²) in [5.41, 5.74) is 1.62. The Labute approximate surface area is 165 Å². The summed E-state index contributed by atoms with van der Waals surface area (Å²) in [6.07, 6.45) is 5.23. The molecule has 0 saturated heterocycles. The van der Waals surface area contributed by atoms with E-state index >= 15 is 0 Å². The van der Waals surface area contributed by atoms with E-state index in [2.05, 4.69) is 4.98 Å². The molecular formula is C21H29N3O4. The molecule has 2 aromatic rings. The first-order valence-corrected chi connectivity index (χ1v) is 9.88. The van der Waals surface area contributed by atoms with E-state index in [9.17, 15) is 15.0 Å². The minimum atomic E-state index is -1.01. The topological polar surface area (TPSA) is 87.8 Å². The molecule has 0 spiro atoms. The van der Waals surface area contributed by atoms with Gasteiger partial charge in [-0.1, -0.05) is 24.6 Å². The average molecular weight is 387 g/mol. The first-order chi connectivity index (χ1) is 13.6. The Kier molecular flexibility index (Phi) is 7.06. The van der Waals surface area contributed by atoms with Gasteiger partial charge in [-0.05, 0) is 37.3 Å². The number of para-hydroxylation sites is 1. The van der Waals surface area contributed by atoms with Crippen molar-refractivity contribution in [2.24, 2.45) is 7.05 Å². The van der Waals surface area contributed by atoms with Crippen molar-refractivity contribution in [2.45, 2.75) is 44.3 Å². The summed E-state index contributed by atoms with van der Waals surface area (Å²) in [5, 5.41) is 20.6. The van der Waals surface area contributed by atoms with Gasteiger partial charge in [-0.25, -0.2) is 4.98 Å². The number of benzene rings is 1. The number of carbonyl (C=O) groups excluding carboxylic acids is 1. The van der Waals surface area contributed by atoms with Crippen LogP contribution in [0.15, 0.2) is 36.8 Å². The number of aliphatic hydroxyl groups is 2. The lowest BCUT2D eigenvalue weighted by atomic mass is 10.0. The van der Waals surface area contributed by atoms with Crippen LogP contribution >= 0.6 is 0 Å². The van der Waals surface area contributed by atoms with Crippen LogP contribution in [0.3, 0.4) is 0 Å². The van der Waals surface area contributed by atoms with Crippen LogP contribution in [0.5, 0.6) is 5.75 Å². The largest absolute Gasteiger partial charge is 0.491 e. The van der Waals surface area contributed by atoms with Crippen LogP contribution < -0.4 is 4.74 Å². The zero-order valence-electron chi connectivity index (χ0n) is 16.3. The molecule has 0 unspecified atom stereocenters. The highest BCUT2D eigenvalue weighted by molar-refractivity contribution is 5.92. The molecule has 0 fully saturated rings. The van der Waals surface area contributed by atoms with Crippen LogP contribution in [0.2, 0.25) is 0 Å². The Hall–Kier alpha value is -2.38. The quantitative estimate of drug-likeness (QED) is 0.779. The van der Waals surface area contributed by atoms with E-state index in [0.717, 1.165) is 37.0 Å². The van der Waals surface area contributed by atoms with Crippen molar-refractivity contribution in [3.05, 3.63) is 48.0 Å². The molecule has 2 atom stereocenters. The number of nitrogens with zero attached hydrogens (tertiary/aromatic N) is 3. The monoisotopic (exact) mass is 387 g/mol. The van der Waals surface area contributed by atoms with Gasteiger partial charge in [0.2, 0.25) is 0 Å². The number of aliphatic hydroxyl groups excluding tert-OH is 2. The van der Waals surface area contributed by atoms with E-state index in [1.165, 1.54) is 0 Å². The highest BCUT2D eigenvalue weighted by atomic mass is 16.5. The maximum atomic E-state index is 12.9. The van der Waals surface area contributed by atoms with E-state index in [0.29, 0.717) is 18.8 Å². The van der Waals surface area contributed by atoms with Gasteiger partial charge in [-0.2, -0.15) is 0 Å². The molecule has 2 N–H and O–H groups in total. The van der Waals surface area contributed by atoms with Gasteiger partial charge in [0, 0.05) is 20.1 Å². The standard InChI is InChI=1S/C21H29N3O4/c1-23-15-22-13-17(23)21(27)24-11-6-2-3-7-16-8-4-5-9-20(16)28-14-19(26)18(25)10-12-24/h4-5,8-9,13,15,18-19,25-26H,2-3,6-7,10-12,14H2,1H3/t18-,19+/m0/s1. The molecule has 7 nitrogen and oxygen atoms in total. The van der Waals surface area contributed by atoms with Crippen LogP contribution in [0.4, 0.5) is 0 Å². The third-order valence-corrected chi connectivity index (χ3v) is 5.22. The zero-order valence-corrected chi connectivity index (χ0v) is 16.3. The zero-order chi connectivity index (χ0) is 19.9. The van der Waals surface area contributed by atoms with Crippen LogP contribution in [0.1, 0.15) is 41.7 Å². The maximum Gasteiger partial charge on any atom is 0.272 e. The van der Waals surface area contributed by atoms with Gasteiger partial charge in [-0.3, -0.25) is 4.79 Å². The summed E-state index contributed by atoms with van der Waals surface area (Å²) in [4.78, 5) is 18.6. The Balaban J connectivity index is 1.71. The van der Waals surface area contributed by atoms with E-state index < -0.39 is 12.2 Å². The maximum absolute atomic E-state index is 12.9. The van der Waals surface area contributed by atoms with Crippen molar-refractivity contribution in [1.29, 1.82) is 0 Å². The molecule has 1 amide bonds. The molecule has 2 heterocycles. The summed E-state index contributed by atoms with van der Waals surface area (Å²) in [5.74, 6) is 0.661. The van der Waals surface area contributed by atoms with Crippen LogP contribution in [0, 0.1) is 0 Å². The number of imidazole rings is 1. The fraction of sp³-hybridized carbons (Fsp3) is 0.524. The van der Waals surface area contributed by atoms with Gasteiger partial charge in [0.1, 0.15) is 24.2 Å². The number of aromatic nitrogens is 2. The Morgan fingerprint density at radius 3 is 2.75 bits per heavy atom. The fourth-order valence-electron chi connectivity index (χ4n) is 3.45. The predicted molar refractivity (Wildman–Crippen MR) is 105 cm³/mol. The lowest BCUT2D eigenvalue weighted by molar-refractivity contribution is -0.0153. The van der Waals surface area contributed by atoms with E-state index in [-0.39, 0.29) is 18.9 Å². The van der Waals surface area contributed by atoms with Gasteiger partial charge in [0.05, 0.1) is 18.6 Å². The molecule has 3 rings (SSSR count). The Morgan fingerprint density at radius 2 is 1.96 bits per heavy atom.